The van der Waals surface area contributed by atoms with Crippen molar-refractivity contribution >= 4 is 45.8 Å². The Balaban J connectivity index is 1.89. The van der Waals surface area contributed by atoms with Crippen molar-refractivity contribution in [1.82, 2.24) is 9.78 Å². The lowest BCUT2D eigenvalue weighted by molar-refractivity contribution is 0.687. The lowest BCUT2D eigenvalue weighted by atomic mass is 10.1. The average molecular weight is 429 g/mol. The predicted molar refractivity (Wildman–Crippen MR) is 95.9 cm³/mol. The predicted octanol–water partition coefficient (Wildman–Crippen LogP) is 5.51. The van der Waals surface area contributed by atoms with Gasteiger partial charge in [0.1, 0.15) is 0 Å². The second-order valence-electron chi connectivity index (χ2n) is 4.64. The van der Waals surface area contributed by atoms with Gasteiger partial charge in [-0.05, 0) is 52.4 Å². The van der Waals surface area contributed by atoms with E-state index in [2.05, 4.69) is 45.9 Å². The summed E-state index contributed by atoms with van der Waals surface area (Å²) in [6.45, 7) is 0.558. The Hall–Kier alpha value is -1.04. The first kappa shape index (κ1) is 14.9. The summed E-state index contributed by atoms with van der Waals surface area (Å²) in [4.78, 5) is 0. The normalized spacial score (nSPS) is 10.8. The number of hydrogen-bond donors (Lipinski definition) is 0. The summed E-state index contributed by atoms with van der Waals surface area (Å²) >= 11 is 14.7. The van der Waals surface area contributed by atoms with Crippen LogP contribution in [-0.4, -0.2) is 9.78 Å². The number of halogens is 3. The molecule has 0 fully saturated rings. The van der Waals surface area contributed by atoms with Crippen molar-refractivity contribution in [2.24, 2.45) is 0 Å². The summed E-state index contributed by atoms with van der Waals surface area (Å²) in [6.07, 6.45) is 3.86. The zero-order valence-corrected chi connectivity index (χ0v) is 14.6. The van der Waals surface area contributed by atoms with E-state index in [0.29, 0.717) is 16.6 Å². The number of benzene rings is 2. The highest BCUT2D eigenvalue weighted by Crippen LogP contribution is 2.26. The van der Waals surface area contributed by atoms with Crippen LogP contribution in [0.15, 0.2) is 54.9 Å². The van der Waals surface area contributed by atoms with Gasteiger partial charge in [0.25, 0.3) is 0 Å². The Morgan fingerprint density at radius 3 is 2.43 bits per heavy atom. The highest BCUT2D eigenvalue weighted by atomic mass is 127. The van der Waals surface area contributed by atoms with Crippen molar-refractivity contribution in [1.29, 1.82) is 0 Å². The van der Waals surface area contributed by atoms with Gasteiger partial charge >= 0.3 is 0 Å². The molecule has 0 N–H and O–H groups in total. The lowest BCUT2D eigenvalue weighted by Gasteiger charge is -2.06. The quantitative estimate of drug-likeness (QED) is 0.503. The van der Waals surface area contributed by atoms with E-state index >= 15 is 0 Å². The number of aromatic nitrogens is 2. The summed E-state index contributed by atoms with van der Waals surface area (Å²) in [7, 11) is 0. The minimum atomic E-state index is 0.558. The zero-order chi connectivity index (χ0) is 14.8. The fraction of sp³-hybridized carbons (Fsp3) is 0.0625. The van der Waals surface area contributed by atoms with Gasteiger partial charge in [0.15, 0.2) is 0 Å². The summed E-state index contributed by atoms with van der Waals surface area (Å²) in [5.41, 5.74) is 3.12. The molecule has 0 radical (unpaired) electrons. The van der Waals surface area contributed by atoms with Gasteiger partial charge < -0.3 is 0 Å². The van der Waals surface area contributed by atoms with Crippen molar-refractivity contribution in [2.75, 3.05) is 0 Å². The molecule has 5 heteroatoms. The van der Waals surface area contributed by atoms with Crippen LogP contribution < -0.4 is 0 Å². The van der Waals surface area contributed by atoms with Gasteiger partial charge in [-0.3, -0.25) is 4.68 Å². The third-order valence-electron chi connectivity index (χ3n) is 3.17. The van der Waals surface area contributed by atoms with Gasteiger partial charge in [-0.25, -0.2) is 0 Å². The molecule has 0 bridgehead atoms. The molecule has 21 heavy (non-hydrogen) atoms. The Morgan fingerprint density at radius 2 is 1.71 bits per heavy atom. The molecule has 0 aliphatic carbocycles. The van der Waals surface area contributed by atoms with Crippen LogP contribution in [0.2, 0.25) is 10.0 Å². The number of hydrogen-bond acceptors (Lipinski definition) is 1. The van der Waals surface area contributed by atoms with Gasteiger partial charge in [-0.2, -0.15) is 5.10 Å². The molecule has 2 nitrogen and oxygen atoms in total. The van der Waals surface area contributed by atoms with E-state index in [1.807, 2.05) is 41.3 Å². The van der Waals surface area contributed by atoms with Crippen LogP contribution in [0.5, 0.6) is 0 Å². The van der Waals surface area contributed by atoms with Crippen LogP contribution in [0.3, 0.4) is 0 Å². The van der Waals surface area contributed by atoms with E-state index in [4.69, 9.17) is 23.2 Å². The molecule has 1 aromatic heterocycles. The smallest absolute Gasteiger partial charge is 0.0688 e. The maximum Gasteiger partial charge on any atom is 0.0688 e. The van der Waals surface area contributed by atoms with Gasteiger partial charge in [0.2, 0.25) is 0 Å². The maximum absolute atomic E-state index is 6.20. The molecule has 0 amide bonds. The van der Waals surface area contributed by atoms with E-state index in [1.54, 1.807) is 0 Å². The van der Waals surface area contributed by atoms with Gasteiger partial charge in [-0.15, -0.1) is 0 Å². The average Bonchev–Trinajstić information content (AvgIpc) is 2.92. The molecule has 0 saturated carbocycles. The minimum Gasteiger partial charge on any atom is -0.268 e. The third-order valence-corrected chi connectivity index (χ3v) is 4.55. The second kappa shape index (κ2) is 6.38. The SMILES string of the molecule is Clc1cccc(Cl)c1Cn1cc(-c2cccc(I)c2)cn1. The molecule has 0 spiro atoms. The van der Waals surface area contributed by atoms with Crippen molar-refractivity contribution in [3.63, 3.8) is 0 Å². The van der Waals surface area contributed by atoms with E-state index in [1.165, 1.54) is 3.57 Å². The molecule has 0 atom stereocenters. The molecule has 0 saturated heterocycles. The van der Waals surface area contributed by atoms with Crippen LogP contribution in [0.1, 0.15) is 5.56 Å². The van der Waals surface area contributed by atoms with Crippen molar-refractivity contribution in [3.05, 3.63) is 74.0 Å². The number of nitrogens with zero attached hydrogens (tertiary/aromatic N) is 2. The molecular weight excluding hydrogens is 418 g/mol. The lowest BCUT2D eigenvalue weighted by Crippen LogP contribution is -2.01. The summed E-state index contributed by atoms with van der Waals surface area (Å²) in [5, 5.41) is 5.72. The van der Waals surface area contributed by atoms with Gasteiger partial charge in [-0.1, -0.05) is 41.4 Å². The molecule has 2 aromatic carbocycles. The molecule has 3 rings (SSSR count). The highest BCUT2D eigenvalue weighted by Gasteiger charge is 2.08. The summed E-state index contributed by atoms with van der Waals surface area (Å²) in [6, 6.07) is 13.8. The Morgan fingerprint density at radius 1 is 1.00 bits per heavy atom. The second-order valence-corrected chi connectivity index (χ2v) is 6.70. The van der Waals surface area contributed by atoms with E-state index in [-0.39, 0.29) is 0 Å². The van der Waals surface area contributed by atoms with Crippen LogP contribution in [0.25, 0.3) is 11.1 Å². The van der Waals surface area contributed by atoms with Crippen LogP contribution in [0, 0.1) is 3.57 Å². The van der Waals surface area contributed by atoms with Crippen LogP contribution in [0.4, 0.5) is 0 Å². The minimum absolute atomic E-state index is 0.558. The molecular formula is C16H11Cl2IN2. The molecule has 3 aromatic rings. The summed E-state index contributed by atoms with van der Waals surface area (Å²) in [5.74, 6) is 0. The molecule has 0 aliphatic heterocycles. The van der Waals surface area contributed by atoms with E-state index in [9.17, 15) is 0 Å². The largest absolute Gasteiger partial charge is 0.268 e. The van der Waals surface area contributed by atoms with Crippen LogP contribution in [-0.2, 0) is 6.54 Å². The first-order valence-electron chi connectivity index (χ1n) is 6.35. The fourth-order valence-corrected chi connectivity index (χ4v) is 3.17. The molecule has 106 valence electrons. The highest BCUT2D eigenvalue weighted by molar-refractivity contribution is 14.1. The topological polar surface area (TPSA) is 17.8 Å². The third kappa shape index (κ3) is 3.42. The molecule has 0 unspecified atom stereocenters. The van der Waals surface area contributed by atoms with Crippen molar-refractivity contribution in [2.45, 2.75) is 6.54 Å². The summed E-state index contributed by atoms with van der Waals surface area (Å²) < 4.78 is 3.05. The van der Waals surface area contributed by atoms with Crippen molar-refractivity contribution in [3.8, 4) is 11.1 Å². The fourth-order valence-electron chi connectivity index (χ4n) is 2.11. The Labute approximate surface area is 146 Å². The zero-order valence-electron chi connectivity index (χ0n) is 10.9. The number of rotatable bonds is 3. The van der Waals surface area contributed by atoms with Crippen LogP contribution >= 0.6 is 45.8 Å². The van der Waals surface area contributed by atoms with Gasteiger partial charge in [0.05, 0.1) is 12.7 Å². The standard InChI is InChI=1S/C16H11Cl2IN2/c17-15-5-2-6-16(18)14(15)10-21-9-12(8-20-21)11-3-1-4-13(19)7-11/h1-9H,10H2. The first-order chi connectivity index (χ1) is 10.1. The van der Waals surface area contributed by atoms with Gasteiger partial charge in [0, 0.05) is 30.9 Å². The molecule has 1 heterocycles. The Bertz CT molecular complexity index is 763. The maximum atomic E-state index is 6.20. The monoisotopic (exact) mass is 428 g/mol. The first-order valence-corrected chi connectivity index (χ1v) is 8.18. The van der Waals surface area contributed by atoms with E-state index in [0.717, 1.165) is 16.7 Å². The van der Waals surface area contributed by atoms with Crippen molar-refractivity contribution < 1.29 is 0 Å². The molecule has 0 aliphatic rings. The van der Waals surface area contributed by atoms with E-state index < -0.39 is 0 Å². The Kier molecular flexibility index (Phi) is 4.52.